The monoisotopic (exact) mass is 296 g/mol. The van der Waals surface area contributed by atoms with Gasteiger partial charge in [-0.3, -0.25) is 0 Å². The van der Waals surface area contributed by atoms with Crippen LogP contribution in [0.1, 0.15) is 38.8 Å². The Balaban J connectivity index is 2.22. The van der Waals surface area contributed by atoms with Gasteiger partial charge < -0.3 is 5.73 Å². The number of hydrogen-bond acceptors (Lipinski definition) is 3. The molecule has 0 radical (unpaired) electrons. The summed E-state index contributed by atoms with van der Waals surface area (Å²) in [5, 5.41) is 0. The fraction of sp³-hybridized carbons (Fsp3) is 0.600. The molecule has 0 aliphatic carbocycles. The number of hydrogen-bond donors (Lipinski definition) is 1. The maximum absolute atomic E-state index is 12.6. The maximum atomic E-state index is 12.6. The van der Waals surface area contributed by atoms with Crippen molar-refractivity contribution in [2.75, 3.05) is 13.1 Å². The van der Waals surface area contributed by atoms with Crippen molar-refractivity contribution >= 4 is 10.0 Å². The summed E-state index contributed by atoms with van der Waals surface area (Å²) in [6.07, 6.45) is 0.929. The van der Waals surface area contributed by atoms with Crippen LogP contribution >= 0.6 is 0 Å². The molecule has 0 spiro atoms. The summed E-state index contributed by atoms with van der Waals surface area (Å²) in [4.78, 5) is 0.364. The molecule has 0 aromatic heterocycles. The van der Waals surface area contributed by atoms with E-state index in [1.165, 1.54) is 0 Å². The van der Waals surface area contributed by atoms with Crippen molar-refractivity contribution in [2.45, 2.75) is 38.1 Å². The Kier molecular flexibility index (Phi) is 4.52. The first-order chi connectivity index (χ1) is 9.32. The van der Waals surface area contributed by atoms with E-state index in [1.54, 1.807) is 28.6 Å². The molecular weight excluding hydrogens is 272 g/mol. The van der Waals surface area contributed by atoms with Gasteiger partial charge in [0.2, 0.25) is 10.0 Å². The molecular formula is C15H24N2O2S. The Morgan fingerprint density at radius 3 is 2.30 bits per heavy atom. The normalized spacial score (nSPS) is 26.4. The Bertz CT molecular complexity index is 552. The molecule has 1 heterocycles. The van der Waals surface area contributed by atoms with Gasteiger partial charge in [-0.1, -0.05) is 26.0 Å². The molecule has 20 heavy (non-hydrogen) atoms. The van der Waals surface area contributed by atoms with Crippen LogP contribution in [0.5, 0.6) is 0 Å². The van der Waals surface area contributed by atoms with Crippen LogP contribution in [-0.4, -0.2) is 25.8 Å². The molecule has 0 amide bonds. The molecule has 1 saturated heterocycles. The van der Waals surface area contributed by atoms with Gasteiger partial charge in [0.15, 0.2) is 0 Å². The molecule has 1 fully saturated rings. The first-order valence-electron chi connectivity index (χ1n) is 7.18. The van der Waals surface area contributed by atoms with Crippen molar-refractivity contribution in [1.29, 1.82) is 0 Å². The largest absolute Gasteiger partial charge is 0.324 e. The summed E-state index contributed by atoms with van der Waals surface area (Å²) in [5.41, 5.74) is 6.74. The summed E-state index contributed by atoms with van der Waals surface area (Å²) in [7, 11) is -3.37. The zero-order valence-electron chi connectivity index (χ0n) is 12.4. The number of benzene rings is 1. The smallest absolute Gasteiger partial charge is 0.243 e. The second-order valence-electron chi connectivity index (χ2n) is 5.96. The quantitative estimate of drug-likeness (QED) is 0.931. The molecule has 5 heteroatoms. The summed E-state index contributed by atoms with van der Waals surface area (Å²) >= 11 is 0. The number of piperidine rings is 1. The highest BCUT2D eigenvalue weighted by Crippen LogP contribution is 2.27. The summed E-state index contributed by atoms with van der Waals surface area (Å²) in [5.74, 6) is 0.990. The van der Waals surface area contributed by atoms with E-state index >= 15 is 0 Å². The van der Waals surface area contributed by atoms with Gasteiger partial charge >= 0.3 is 0 Å². The van der Waals surface area contributed by atoms with Crippen LogP contribution in [0.25, 0.3) is 0 Å². The van der Waals surface area contributed by atoms with E-state index in [0.717, 1.165) is 12.0 Å². The first kappa shape index (κ1) is 15.5. The molecule has 1 aromatic carbocycles. The minimum Gasteiger partial charge on any atom is -0.324 e. The fourth-order valence-electron chi connectivity index (χ4n) is 2.54. The van der Waals surface area contributed by atoms with E-state index in [-0.39, 0.29) is 6.04 Å². The second-order valence-corrected chi connectivity index (χ2v) is 7.90. The molecule has 2 rings (SSSR count). The zero-order valence-corrected chi connectivity index (χ0v) is 13.2. The van der Waals surface area contributed by atoms with Crippen molar-refractivity contribution in [1.82, 2.24) is 4.31 Å². The van der Waals surface area contributed by atoms with Crippen LogP contribution in [0, 0.1) is 11.8 Å². The number of sulfonamides is 1. The van der Waals surface area contributed by atoms with Crippen molar-refractivity contribution < 1.29 is 8.42 Å². The van der Waals surface area contributed by atoms with Gasteiger partial charge in [0.1, 0.15) is 0 Å². The fourth-order valence-corrected chi connectivity index (χ4v) is 4.09. The van der Waals surface area contributed by atoms with Gasteiger partial charge in [-0.05, 0) is 42.9 Å². The molecule has 3 atom stereocenters. The highest BCUT2D eigenvalue weighted by Gasteiger charge is 2.31. The van der Waals surface area contributed by atoms with Gasteiger partial charge in [0.05, 0.1) is 4.90 Å². The third-order valence-electron chi connectivity index (χ3n) is 4.34. The van der Waals surface area contributed by atoms with Gasteiger partial charge in [-0.2, -0.15) is 4.31 Å². The Morgan fingerprint density at radius 2 is 1.80 bits per heavy atom. The lowest BCUT2D eigenvalue weighted by Gasteiger charge is -2.34. The highest BCUT2D eigenvalue weighted by atomic mass is 32.2. The number of nitrogens with zero attached hydrogens (tertiary/aromatic N) is 1. The molecule has 0 saturated carbocycles. The van der Waals surface area contributed by atoms with Crippen molar-refractivity contribution in [3.63, 3.8) is 0 Å². The van der Waals surface area contributed by atoms with Crippen molar-refractivity contribution in [3.05, 3.63) is 29.8 Å². The topological polar surface area (TPSA) is 63.4 Å². The third kappa shape index (κ3) is 3.05. The Morgan fingerprint density at radius 1 is 1.20 bits per heavy atom. The SMILES string of the molecule is CC(N)c1ccc(S(=O)(=O)N2CCC(C)C(C)C2)cc1. The third-order valence-corrected chi connectivity index (χ3v) is 6.22. The molecule has 0 bridgehead atoms. The zero-order chi connectivity index (χ0) is 14.9. The lowest BCUT2D eigenvalue weighted by atomic mass is 9.90. The van der Waals surface area contributed by atoms with E-state index in [0.29, 0.717) is 29.8 Å². The maximum Gasteiger partial charge on any atom is 0.243 e. The van der Waals surface area contributed by atoms with E-state index in [9.17, 15) is 8.42 Å². The predicted octanol–water partition coefficient (Wildman–Crippen LogP) is 2.37. The molecule has 2 N–H and O–H groups in total. The standard InChI is InChI=1S/C15H24N2O2S/c1-11-8-9-17(10-12(11)2)20(18,19)15-6-4-14(5-7-15)13(3)16/h4-7,11-13H,8-10,16H2,1-3H3. The molecule has 112 valence electrons. The van der Waals surface area contributed by atoms with Gasteiger partial charge in [-0.15, -0.1) is 0 Å². The van der Waals surface area contributed by atoms with Crippen LogP contribution in [0.4, 0.5) is 0 Å². The van der Waals surface area contributed by atoms with Gasteiger partial charge in [0.25, 0.3) is 0 Å². The molecule has 4 nitrogen and oxygen atoms in total. The lowest BCUT2D eigenvalue weighted by molar-refractivity contribution is 0.212. The first-order valence-corrected chi connectivity index (χ1v) is 8.62. The molecule has 1 aliphatic heterocycles. The van der Waals surface area contributed by atoms with Gasteiger partial charge in [-0.25, -0.2) is 8.42 Å². The number of rotatable bonds is 3. The lowest BCUT2D eigenvalue weighted by Crippen LogP contribution is -2.42. The predicted molar refractivity (Wildman–Crippen MR) is 80.7 cm³/mol. The van der Waals surface area contributed by atoms with Crippen LogP contribution < -0.4 is 5.73 Å². The van der Waals surface area contributed by atoms with E-state index in [1.807, 2.05) is 6.92 Å². The van der Waals surface area contributed by atoms with Crippen LogP contribution in [0.2, 0.25) is 0 Å². The van der Waals surface area contributed by atoms with Crippen LogP contribution in [-0.2, 0) is 10.0 Å². The van der Waals surface area contributed by atoms with Crippen LogP contribution in [0.3, 0.4) is 0 Å². The Labute approximate surface area is 122 Å². The average Bonchev–Trinajstić information content (AvgIpc) is 2.41. The van der Waals surface area contributed by atoms with Gasteiger partial charge in [0, 0.05) is 19.1 Å². The van der Waals surface area contributed by atoms with E-state index < -0.39 is 10.0 Å². The highest BCUT2D eigenvalue weighted by molar-refractivity contribution is 7.89. The molecule has 1 aliphatic rings. The van der Waals surface area contributed by atoms with E-state index in [4.69, 9.17) is 5.73 Å². The van der Waals surface area contributed by atoms with Crippen molar-refractivity contribution in [2.24, 2.45) is 17.6 Å². The molecule has 1 aromatic rings. The average molecular weight is 296 g/mol. The minimum absolute atomic E-state index is 0.0809. The Hall–Kier alpha value is -0.910. The van der Waals surface area contributed by atoms with Crippen LogP contribution in [0.15, 0.2) is 29.2 Å². The summed E-state index contributed by atoms with van der Waals surface area (Å²) < 4.78 is 26.8. The van der Waals surface area contributed by atoms with Crippen molar-refractivity contribution in [3.8, 4) is 0 Å². The minimum atomic E-state index is -3.37. The van der Waals surface area contributed by atoms with E-state index in [2.05, 4.69) is 13.8 Å². The summed E-state index contributed by atoms with van der Waals surface area (Å²) in [6.45, 7) is 7.41. The molecule has 3 unspecified atom stereocenters. The number of nitrogens with two attached hydrogens (primary N) is 1. The second kappa shape index (κ2) is 5.84. The summed E-state index contributed by atoms with van der Waals surface area (Å²) in [6, 6.07) is 6.84.